The normalized spacial score (nSPS) is 12.4. The van der Waals surface area contributed by atoms with Crippen LogP contribution in [0.15, 0.2) is 12.7 Å². The fraction of sp³-hybridized carbons (Fsp3) is 0.667. The van der Waals surface area contributed by atoms with Crippen molar-refractivity contribution in [3.05, 3.63) is 12.7 Å². The molecular formula is C9H16O2S2. The molecular weight excluding hydrogens is 204 g/mol. The third-order valence-corrected chi connectivity index (χ3v) is 2.36. The fourth-order valence-electron chi connectivity index (χ4n) is 0.906. The first-order valence-corrected chi connectivity index (χ1v) is 5.20. The number of ether oxygens (including phenoxy) is 1. The Balaban J connectivity index is 4.24. The van der Waals surface area contributed by atoms with Crippen LogP contribution in [0, 0.1) is 0 Å². The van der Waals surface area contributed by atoms with E-state index in [9.17, 15) is 4.79 Å². The monoisotopic (exact) mass is 220 g/mol. The lowest BCUT2D eigenvalue weighted by Crippen LogP contribution is -2.27. The lowest BCUT2D eigenvalue weighted by Gasteiger charge is -2.30. The van der Waals surface area contributed by atoms with Crippen LogP contribution in [-0.4, -0.2) is 15.0 Å². The van der Waals surface area contributed by atoms with E-state index in [1.54, 1.807) is 0 Å². The summed E-state index contributed by atoms with van der Waals surface area (Å²) in [4.78, 5) is 10.4. The largest absolute Gasteiger partial charge is 0.445 e. The van der Waals surface area contributed by atoms with Crippen molar-refractivity contribution in [1.82, 2.24) is 0 Å². The van der Waals surface area contributed by atoms with Gasteiger partial charge in [-0.15, -0.1) is 0 Å². The molecule has 0 heterocycles. The van der Waals surface area contributed by atoms with Crippen LogP contribution in [0.4, 0.5) is 0 Å². The molecule has 0 N–H and O–H groups in total. The number of thiol groups is 1. The van der Waals surface area contributed by atoms with E-state index in [-0.39, 0.29) is 4.08 Å². The van der Waals surface area contributed by atoms with Gasteiger partial charge in [0.2, 0.25) is 0 Å². The van der Waals surface area contributed by atoms with Gasteiger partial charge in [-0.1, -0.05) is 18.3 Å². The molecule has 0 fully saturated rings. The number of hydrogen-bond donors (Lipinski definition) is 1. The molecule has 0 atom stereocenters. The van der Waals surface area contributed by atoms with Crippen LogP contribution in [0.2, 0.25) is 0 Å². The topological polar surface area (TPSA) is 26.3 Å². The molecule has 0 rings (SSSR count). The Hall–Kier alpha value is -0.0900. The third kappa shape index (κ3) is 7.02. The first-order valence-electron chi connectivity index (χ1n) is 3.94. The first-order chi connectivity index (χ1) is 5.66. The van der Waals surface area contributed by atoms with Gasteiger partial charge in [0.1, 0.15) is 0 Å². The fourth-order valence-corrected chi connectivity index (χ4v) is 2.89. The average Bonchev–Trinajstić information content (AvgIpc) is 1.80. The summed E-state index contributed by atoms with van der Waals surface area (Å²) in [5, 5.41) is 0. The van der Waals surface area contributed by atoms with E-state index in [1.807, 2.05) is 27.7 Å². The van der Waals surface area contributed by atoms with E-state index in [0.29, 0.717) is 0 Å². The van der Waals surface area contributed by atoms with Crippen LogP contribution < -0.4 is 0 Å². The highest BCUT2D eigenvalue weighted by atomic mass is 32.2. The van der Waals surface area contributed by atoms with Crippen LogP contribution in [0.1, 0.15) is 27.7 Å². The Morgan fingerprint density at radius 3 is 2.23 bits per heavy atom. The maximum atomic E-state index is 10.9. The summed E-state index contributed by atoms with van der Waals surface area (Å²) in [6.45, 7) is 10.9. The summed E-state index contributed by atoms with van der Waals surface area (Å²) >= 11 is 5.82. The highest BCUT2D eigenvalue weighted by Gasteiger charge is 2.29. The Labute approximate surface area is 89.5 Å². The lowest BCUT2D eigenvalue weighted by atomic mass is 10.4. The number of esters is 1. The van der Waals surface area contributed by atoms with Crippen molar-refractivity contribution in [2.24, 2.45) is 0 Å². The van der Waals surface area contributed by atoms with Gasteiger partial charge >= 0.3 is 5.97 Å². The van der Waals surface area contributed by atoms with Crippen LogP contribution >= 0.6 is 24.4 Å². The Morgan fingerprint density at radius 1 is 1.46 bits per heavy atom. The summed E-state index contributed by atoms with van der Waals surface area (Å²) in [7, 11) is 0. The van der Waals surface area contributed by atoms with Crippen molar-refractivity contribution in [1.29, 1.82) is 0 Å². The smallest absolute Gasteiger partial charge is 0.331 e. The predicted octanol–water partition coefficient (Wildman–Crippen LogP) is 2.85. The Bertz CT molecular complexity index is 204. The minimum atomic E-state index is -0.573. The molecule has 0 amide bonds. The van der Waals surface area contributed by atoms with Crippen molar-refractivity contribution in [2.75, 3.05) is 0 Å². The van der Waals surface area contributed by atoms with Crippen molar-refractivity contribution in [3.63, 3.8) is 0 Å². The molecule has 0 aliphatic carbocycles. The number of rotatable bonds is 4. The first kappa shape index (κ1) is 12.9. The van der Waals surface area contributed by atoms with E-state index in [0.717, 1.165) is 6.08 Å². The Kier molecular flexibility index (Phi) is 4.39. The van der Waals surface area contributed by atoms with E-state index >= 15 is 0 Å². The van der Waals surface area contributed by atoms with Gasteiger partial charge in [-0.3, -0.25) is 0 Å². The van der Waals surface area contributed by atoms with Crippen molar-refractivity contribution in [3.8, 4) is 0 Å². The number of hydrogen-bond acceptors (Lipinski definition) is 4. The second-order valence-corrected chi connectivity index (χ2v) is 7.20. The lowest BCUT2D eigenvalue weighted by molar-refractivity contribution is -0.143. The molecule has 0 saturated heterocycles. The zero-order valence-corrected chi connectivity index (χ0v) is 10.2. The minimum Gasteiger partial charge on any atom is -0.445 e. The van der Waals surface area contributed by atoms with E-state index in [4.69, 9.17) is 4.74 Å². The zero-order chi connectivity index (χ0) is 10.7. The number of carbonyl (C=O) groups is 1. The molecule has 0 radical (unpaired) electrons. The van der Waals surface area contributed by atoms with Gasteiger partial charge < -0.3 is 4.74 Å². The molecule has 2 nitrogen and oxygen atoms in total. The maximum Gasteiger partial charge on any atom is 0.331 e. The summed E-state index contributed by atoms with van der Waals surface area (Å²) in [6, 6.07) is 0. The molecule has 0 aliphatic rings. The standard InChI is InChI=1S/C9H16O2S2/c1-6-7(10)11-8(2,3)13-9(4,5)12/h6,12H,1H2,2-5H3. The molecule has 0 aromatic carbocycles. The number of carbonyl (C=O) groups excluding carboxylic acids is 1. The molecule has 0 unspecified atom stereocenters. The summed E-state index contributed by atoms with van der Waals surface area (Å²) < 4.78 is 4.89. The average molecular weight is 220 g/mol. The molecule has 13 heavy (non-hydrogen) atoms. The van der Waals surface area contributed by atoms with Gasteiger partial charge in [0.15, 0.2) is 4.93 Å². The third-order valence-electron chi connectivity index (χ3n) is 1.01. The summed E-state index contributed by atoms with van der Waals surface area (Å²) in [6.07, 6.45) is 1.16. The summed E-state index contributed by atoms with van der Waals surface area (Å²) in [5.41, 5.74) is 0. The second kappa shape index (κ2) is 4.42. The van der Waals surface area contributed by atoms with Crippen LogP contribution in [0.25, 0.3) is 0 Å². The van der Waals surface area contributed by atoms with E-state index < -0.39 is 10.9 Å². The van der Waals surface area contributed by atoms with Crippen LogP contribution in [0.3, 0.4) is 0 Å². The van der Waals surface area contributed by atoms with Gasteiger partial charge in [-0.2, -0.15) is 12.6 Å². The highest BCUT2D eigenvalue weighted by Crippen LogP contribution is 2.39. The summed E-state index contributed by atoms with van der Waals surface area (Å²) in [5.74, 6) is -0.407. The predicted molar refractivity (Wildman–Crippen MR) is 61.0 cm³/mol. The minimum absolute atomic E-state index is 0.231. The second-order valence-electron chi connectivity index (χ2n) is 3.57. The van der Waals surface area contributed by atoms with Gasteiger partial charge in [-0.05, 0) is 27.7 Å². The quantitative estimate of drug-likeness (QED) is 0.341. The van der Waals surface area contributed by atoms with Gasteiger partial charge in [0.05, 0.1) is 4.08 Å². The van der Waals surface area contributed by atoms with Gasteiger partial charge in [-0.25, -0.2) is 4.79 Å². The van der Waals surface area contributed by atoms with Crippen molar-refractivity contribution in [2.45, 2.75) is 36.7 Å². The maximum absolute atomic E-state index is 10.9. The van der Waals surface area contributed by atoms with E-state index in [2.05, 4.69) is 19.2 Å². The SMILES string of the molecule is C=CC(=O)OC(C)(C)SC(C)(C)S. The van der Waals surface area contributed by atoms with Gasteiger partial charge in [0.25, 0.3) is 0 Å². The molecule has 0 aromatic heterocycles. The molecule has 0 saturated carbocycles. The highest BCUT2D eigenvalue weighted by molar-refractivity contribution is 8.12. The van der Waals surface area contributed by atoms with Crippen molar-refractivity contribution < 1.29 is 9.53 Å². The zero-order valence-electron chi connectivity index (χ0n) is 8.46. The molecule has 76 valence electrons. The molecule has 0 aliphatic heterocycles. The molecule has 4 heteroatoms. The van der Waals surface area contributed by atoms with E-state index in [1.165, 1.54) is 11.8 Å². The number of thioether (sulfide) groups is 1. The molecule has 0 aromatic rings. The van der Waals surface area contributed by atoms with Crippen LogP contribution in [-0.2, 0) is 9.53 Å². The van der Waals surface area contributed by atoms with Crippen molar-refractivity contribution >= 4 is 30.4 Å². The van der Waals surface area contributed by atoms with Crippen LogP contribution in [0.5, 0.6) is 0 Å². The van der Waals surface area contributed by atoms with Gasteiger partial charge in [0, 0.05) is 6.08 Å². The Morgan fingerprint density at radius 2 is 1.92 bits per heavy atom. The molecule has 0 bridgehead atoms. The molecule has 0 spiro atoms.